The number of halogens is 3. The number of ether oxygens (including phenoxy) is 2. The monoisotopic (exact) mass is 410 g/mol. The number of aromatic nitrogens is 2. The lowest BCUT2D eigenvalue weighted by atomic mass is 9.96. The molecular weight excluding hydrogens is 389 g/mol. The number of carbonyl (C=O) groups excluding carboxylic acids is 1. The summed E-state index contributed by atoms with van der Waals surface area (Å²) >= 11 is 0. The average molecular weight is 410 g/mol. The van der Waals surface area contributed by atoms with Crippen molar-refractivity contribution in [2.45, 2.75) is 57.4 Å². The zero-order valence-corrected chi connectivity index (χ0v) is 16.3. The van der Waals surface area contributed by atoms with Gasteiger partial charge in [-0.15, -0.1) is 13.2 Å². The van der Waals surface area contributed by atoms with Gasteiger partial charge in [0.1, 0.15) is 11.4 Å². The Kier molecular flexibility index (Phi) is 5.19. The molecule has 0 radical (unpaired) electrons. The standard InChI is InChI=1S/C20H21F3N2O4/c1-12(16(26)28-18(2,3)4)11-15-24-17(29-25-15)19(9-10-19)13-5-7-14(8-6-13)27-20(21,22)23/h5-8H,1,9-11H2,2-4H3. The first-order valence-electron chi connectivity index (χ1n) is 8.98. The van der Waals surface area contributed by atoms with Crippen LogP contribution in [0.4, 0.5) is 13.2 Å². The van der Waals surface area contributed by atoms with E-state index in [0.717, 1.165) is 18.4 Å². The number of esters is 1. The van der Waals surface area contributed by atoms with Crippen LogP contribution in [0.5, 0.6) is 5.75 Å². The van der Waals surface area contributed by atoms with Gasteiger partial charge in [-0.1, -0.05) is 23.9 Å². The van der Waals surface area contributed by atoms with E-state index >= 15 is 0 Å². The molecule has 9 heteroatoms. The molecule has 1 aliphatic carbocycles. The van der Waals surface area contributed by atoms with E-state index in [1.165, 1.54) is 12.1 Å². The maximum atomic E-state index is 12.3. The Hall–Kier alpha value is -2.84. The lowest BCUT2D eigenvalue weighted by Gasteiger charge is -2.19. The summed E-state index contributed by atoms with van der Waals surface area (Å²) < 4.78 is 51.5. The van der Waals surface area contributed by atoms with Gasteiger partial charge in [-0.3, -0.25) is 0 Å². The highest BCUT2D eigenvalue weighted by molar-refractivity contribution is 5.88. The molecule has 6 nitrogen and oxygen atoms in total. The third kappa shape index (κ3) is 5.16. The van der Waals surface area contributed by atoms with E-state index in [2.05, 4.69) is 21.5 Å². The molecule has 1 aromatic heterocycles. The molecule has 156 valence electrons. The van der Waals surface area contributed by atoms with Gasteiger partial charge in [-0.2, -0.15) is 4.98 Å². The number of rotatable bonds is 6. The Morgan fingerprint density at radius 1 is 1.21 bits per heavy atom. The van der Waals surface area contributed by atoms with Crippen molar-refractivity contribution in [3.63, 3.8) is 0 Å². The summed E-state index contributed by atoms with van der Waals surface area (Å²) in [5, 5.41) is 3.90. The minimum absolute atomic E-state index is 0.0762. The first-order chi connectivity index (χ1) is 13.4. The lowest BCUT2D eigenvalue weighted by molar-refractivity contribution is -0.274. The summed E-state index contributed by atoms with van der Waals surface area (Å²) in [6.45, 7) is 8.99. The smallest absolute Gasteiger partial charge is 0.457 e. The highest BCUT2D eigenvalue weighted by Gasteiger charge is 2.51. The third-order valence-corrected chi connectivity index (χ3v) is 4.33. The molecule has 2 aromatic rings. The molecule has 1 aromatic carbocycles. The summed E-state index contributed by atoms with van der Waals surface area (Å²) in [6, 6.07) is 5.62. The zero-order valence-electron chi connectivity index (χ0n) is 16.3. The fourth-order valence-electron chi connectivity index (χ4n) is 2.86. The van der Waals surface area contributed by atoms with Crippen molar-refractivity contribution < 1.29 is 32.0 Å². The molecule has 0 saturated heterocycles. The minimum atomic E-state index is -4.74. The van der Waals surface area contributed by atoms with E-state index < -0.39 is 23.3 Å². The van der Waals surface area contributed by atoms with Crippen molar-refractivity contribution >= 4 is 5.97 Å². The van der Waals surface area contributed by atoms with Crippen molar-refractivity contribution in [1.29, 1.82) is 0 Å². The zero-order chi connectivity index (χ0) is 21.4. The quantitative estimate of drug-likeness (QED) is 0.516. The van der Waals surface area contributed by atoms with E-state index in [1.807, 2.05) is 0 Å². The first-order valence-corrected chi connectivity index (χ1v) is 8.98. The topological polar surface area (TPSA) is 74.5 Å². The summed E-state index contributed by atoms with van der Waals surface area (Å²) in [5.41, 5.74) is -0.212. The van der Waals surface area contributed by atoms with Crippen LogP contribution in [0, 0.1) is 0 Å². The van der Waals surface area contributed by atoms with Crippen LogP contribution in [0.3, 0.4) is 0 Å². The molecule has 0 atom stereocenters. The van der Waals surface area contributed by atoms with Crippen LogP contribution in [0.15, 0.2) is 40.9 Å². The summed E-state index contributed by atoms with van der Waals surface area (Å²) in [4.78, 5) is 16.4. The minimum Gasteiger partial charge on any atom is -0.457 e. The van der Waals surface area contributed by atoms with Crippen LogP contribution >= 0.6 is 0 Å². The number of nitrogens with zero attached hydrogens (tertiary/aromatic N) is 2. The van der Waals surface area contributed by atoms with Gasteiger partial charge >= 0.3 is 12.3 Å². The van der Waals surface area contributed by atoms with Crippen LogP contribution in [0.25, 0.3) is 0 Å². The molecule has 0 spiro atoms. The Balaban J connectivity index is 1.70. The number of hydrogen-bond donors (Lipinski definition) is 0. The van der Waals surface area contributed by atoms with Crippen molar-refractivity contribution in [2.75, 3.05) is 0 Å². The number of alkyl halides is 3. The fraction of sp³-hybridized carbons (Fsp3) is 0.450. The SMILES string of the molecule is C=C(Cc1noc(C2(c3ccc(OC(F)(F)F)cc3)CC2)n1)C(=O)OC(C)(C)C. The van der Waals surface area contributed by atoms with Gasteiger partial charge in [0, 0.05) is 12.0 Å². The van der Waals surface area contributed by atoms with E-state index in [1.54, 1.807) is 32.9 Å². The number of hydrogen-bond acceptors (Lipinski definition) is 6. The van der Waals surface area contributed by atoms with Gasteiger partial charge in [-0.25, -0.2) is 4.79 Å². The maximum absolute atomic E-state index is 12.3. The van der Waals surface area contributed by atoms with E-state index in [4.69, 9.17) is 9.26 Å². The summed E-state index contributed by atoms with van der Waals surface area (Å²) in [6.07, 6.45) is -3.22. The molecule has 0 N–H and O–H groups in total. The van der Waals surface area contributed by atoms with Gasteiger partial charge in [0.15, 0.2) is 5.82 Å². The second-order valence-electron chi connectivity index (χ2n) is 7.95. The van der Waals surface area contributed by atoms with Crippen LogP contribution in [-0.2, 0) is 21.4 Å². The maximum Gasteiger partial charge on any atom is 0.573 e. The Bertz CT molecular complexity index is 907. The Morgan fingerprint density at radius 3 is 2.34 bits per heavy atom. The third-order valence-electron chi connectivity index (χ3n) is 4.33. The van der Waals surface area contributed by atoms with Gasteiger partial charge in [0.25, 0.3) is 0 Å². The average Bonchev–Trinajstić information content (AvgIpc) is 3.25. The highest BCUT2D eigenvalue weighted by atomic mass is 19.4. The largest absolute Gasteiger partial charge is 0.573 e. The van der Waals surface area contributed by atoms with Crippen LogP contribution in [0.2, 0.25) is 0 Å². The predicted octanol–water partition coefficient (Wildman–Crippen LogP) is 4.49. The molecule has 29 heavy (non-hydrogen) atoms. The highest BCUT2D eigenvalue weighted by Crippen LogP contribution is 2.53. The van der Waals surface area contributed by atoms with Crippen molar-refractivity contribution in [1.82, 2.24) is 10.1 Å². The van der Waals surface area contributed by atoms with E-state index in [-0.39, 0.29) is 17.7 Å². The number of benzene rings is 1. The predicted molar refractivity (Wildman–Crippen MR) is 96.1 cm³/mol. The first kappa shape index (κ1) is 20.9. The fourth-order valence-corrected chi connectivity index (χ4v) is 2.86. The Labute approximate surface area is 165 Å². The van der Waals surface area contributed by atoms with Crippen LogP contribution < -0.4 is 4.74 Å². The lowest BCUT2D eigenvalue weighted by Crippen LogP contribution is -2.25. The summed E-state index contributed by atoms with van der Waals surface area (Å²) in [7, 11) is 0. The normalized spacial score (nSPS) is 15.7. The Morgan fingerprint density at radius 2 is 1.83 bits per heavy atom. The van der Waals surface area contributed by atoms with Gasteiger partial charge < -0.3 is 14.0 Å². The molecule has 3 rings (SSSR count). The second kappa shape index (κ2) is 7.20. The van der Waals surface area contributed by atoms with Gasteiger partial charge in [-0.05, 0) is 51.3 Å². The number of carbonyl (C=O) groups is 1. The van der Waals surface area contributed by atoms with E-state index in [0.29, 0.717) is 11.7 Å². The molecular formula is C20H21F3N2O4. The molecule has 0 unspecified atom stereocenters. The molecule has 0 amide bonds. The van der Waals surface area contributed by atoms with Crippen molar-refractivity contribution in [2.24, 2.45) is 0 Å². The summed E-state index contributed by atoms with van der Waals surface area (Å²) in [5.74, 6) is -0.185. The molecule has 1 saturated carbocycles. The molecule has 1 heterocycles. The molecule has 0 aliphatic heterocycles. The van der Waals surface area contributed by atoms with E-state index in [9.17, 15) is 18.0 Å². The van der Waals surface area contributed by atoms with Crippen molar-refractivity contribution in [3.8, 4) is 5.75 Å². The van der Waals surface area contributed by atoms with Crippen molar-refractivity contribution in [3.05, 3.63) is 53.7 Å². The van der Waals surface area contributed by atoms with Gasteiger partial charge in [0.05, 0.1) is 5.41 Å². The molecule has 1 fully saturated rings. The van der Waals surface area contributed by atoms with Crippen LogP contribution in [0.1, 0.15) is 50.9 Å². The molecule has 1 aliphatic rings. The van der Waals surface area contributed by atoms with Crippen LogP contribution in [-0.4, -0.2) is 28.1 Å². The van der Waals surface area contributed by atoms with Gasteiger partial charge in [0.2, 0.25) is 5.89 Å². The second-order valence-corrected chi connectivity index (χ2v) is 7.95. The molecule has 0 bridgehead atoms.